The molecule has 0 fully saturated rings. The van der Waals surface area contributed by atoms with Crippen LogP contribution in [0.15, 0.2) is 54.7 Å². The summed E-state index contributed by atoms with van der Waals surface area (Å²) in [6.07, 6.45) is 1.81. The van der Waals surface area contributed by atoms with Crippen LogP contribution in [-0.4, -0.2) is 40.8 Å². The number of fused-ring (bicyclic) bond motifs is 2. The minimum absolute atomic E-state index is 0.499. The van der Waals surface area contributed by atoms with E-state index in [1.807, 2.05) is 47.1 Å². The van der Waals surface area contributed by atoms with Gasteiger partial charge in [0, 0.05) is 18.7 Å². The number of rotatable bonds is 5. The van der Waals surface area contributed by atoms with Crippen LogP contribution in [0.2, 0.25) is 0 Å². The molecule has 0 unspecified atom stereocenters. The first-order chi connectivity index (χ1) is 14.7. The number of nitrogens with one attached hydrogen (secondary N) is 1. The monoisotopic (exact) mass is 401 g/mol. The van der Waals surface area contributed by atoms with Crippen LogP contribution in [-0.2, 0) is 13.1 Å². The number of nitrogens with zero attached hydrogens (tertiary/aromatic N) is 4. The van der Waals surface area contributed by atoms with Crippen molar-refractivity contribution in [3.05, 3.63) is 65.9 Å². The zero-order valence-corrected chi connectivity index (χ0v) is 17.2. The van der Waals surface area contributed by atoms with Gasteiger partial charge in [0.25, 0.3) is 0 Å². The fraction of sp³-hybridized carbons (Fsp3) is 0.217. The Morgan fingerprint density at radius 3 is 2.50 bits per heavy atom. The minimum Gasteiger partial charge on any atom is -0.496 e. The molecule has 152 valence electrons. The molecule has 7 heteroatoms. The maximum atomic E-state index is 5.61. The largest absolute Gasteiger partial charge is 0.496 e. The fourth-order valence-corrected chi connectivity index (χ4v) is 4.00. The predicted molar refractivity (Wildman–Crippen MR) is 116 cm³/mol. The van der Waals surface area contributed by atoms with Crippen molar-refractivity contribution in [1.82, 2.24) is 19.5 Å². The Morgan fingerprint density at radius 2 is 1.70 bits per heavy atom. The number of anilines is 2. The van der Waals surface area contributed by atoms with Gasteiger partial charge < -0.3 is 14.8 Å². The second-order valence-corrected chi connectivity index (χ2v) is 7.46. The first-order valence-corrected chi connectivity index (χ1v) is 9.80. The SMILES string of the molecule is COc1cc2c(cc1Nc1ncc3ccc(-c4ccccc4OC)n3n1)CN(C)C2. The lowest BCUT2D eigenvalue weighted by Gasteiger charge is -2.13. The average Bonchev–Trinajstić information content (AvgIpc) is 3.34. The first-order valence-electron chi connectivity index (χ1n) is 9.80. The Morgan fingerprint density at radius 1 is 0.933 bits per heavy atom. The lowest BCUT2D eigenvalue weighted by Crippen LogP contribution is -2.07. The van der Waals surface area contributed by atoms with Crippen molar-refractivity contribution >= 4 is 17.2 Å². The summed E-state index contributed by atoms with van der Waals surface area (Å²) in [5, 5.41) is 8.08. The van der Waals surface area contributed by atoms with Crippen LogP contribution >= 0.6 is 0 Å². The van der Waals surface area contributed by atoms with Gasteiger partial charge in [0.2, 0.25) is 5.95 Å². The van der Waals surface area contributed by atoms with Crippen molar-refractivity contribution < 1.29 is 9.47 Å². The predicted octanol–water partition coefficient (Wildman–Crippen LogP) is 4.10. The van der Waals surface area contributed by atoms with E-state index in [-0.39, 0.29) is 0 Å². The summed E-state index contributed by atoms with van der Waals surface area (Å²) in [5.74, 6) is 2.08. The number of hydrogen-bond acceptors (Lipinski definition) is 6. The molecule has 0 atom stereocenters. The molecule has 0 radical (unpaired) electrons. The summed E-state index contributed by atoms with van der Waals surface area (Å²) in [6.45, 7) is 1.85. The van der Waals surface area contributed by atoms with Gasteiger partial charge >= 0.3 is 0 Å². The highest BCUT2D eigenvalue weighted by molar-refractivity contribution is 5.72. The van der Waals surface area contributed by atoms with Crippen molar-refractivity contribution in [2.45, 2.75) is 13.1 Å². The molecule has 0 aliphatic carbocycles. The summed E-state index contributed by atoms with van der Waals surface area (Å²) in [6, 6.07) is 16.2. The van der Waals surface area contributed by atoms with Gasteiger partial charge in [-0.2, -0.15) is 0 Å². The molecule has 7 nitrogen and oxygen atoms in total. The third-order valence-corrected chi connectivity index (χ3v) is 5.43. The van der Waals surface area contributed by atoms with Crippen molar-refractivity contribution in [3.63, 3.8) is 0 Å². The Kier molecular flexibility index (Phi) is 4.52. The molecule has 3 heterocycles. The highest BCUT2D eigenvalue weighted by Crippen LogP contribution is 2.35. The topological polar surface area (TPSA) is 63.9 Å². The lowest BCUT2D eigenvalue weighted by atomic mass is 10.1. The van der Waals surface area contributed by atoms with E-state index in [2.05, 4.69) is 34.4 Å². The van der Waals surface area contributed by atoms with Crippen LogP contribution in [0.5, 0.6) is 11.5 Å². The fourth-order valence-electron chi connectivity index (χ4n) is 4.00. The van der Waals surface area contributed by atoms with Gasteiger partial charge in [0.05, 0.1) is 37.3 Å². The second-order valence-electron chi connectivity index (χ2n) is 7.46. The van der Waals surface area contributed by atoms with E-state index < -0.39 is 0 Å². The number of ether oxygens (including phenoxy) is 2. The molecule has 1 aliphatic heterocycles. The molecule has 0 saturated heterocycles. The van der Waals surface area contributed by atoms with E-state index in [1.54, 1.807) is 14.2 Å². The standard InChI is InChI=1S/C23H23N5O2/c1-27-13-15-10-19(22(30-3)11-16(15)14-27)25-23-24-12-17-8-9-20(28(17)26-23)18-6-4-5-7-21(18)29-2/h4-12H,13-14H2,1-3H3,(H,25,26). The van der Waals surface area contributed by atoms with E-state index in [0.29, 0.717) is 5.95 Å². The van der Waals surface area contributed by atoms with Crippen molar-refractivity contribution in [2.24, 2.45) is 0 Å². The number of aromatic nitrogens is 3. The molecule has 30 heavy (non-hydrogen) atoms. The van der Waals surface area contributed by atoms with Crippen LogP contribution in [0.25, 0.3) is 16.8 Å². The number of methoxy groups -OCH3 is 2. The van der Waals surface area contributed by atoms with Crippen molar-refractivity contribution in [2.75, 3.05) is 26.6 Å². The molecular formula is C23H23N5O2. The molecule has 2 aromatic heterocycles. The molecule has 0 spiro atoms. The van der Waals surface area contributed by atoms with Gasteiger partial charge in [-0.05, 0) is 54.6 Å². The maximum Gasteiger partial charge on any atom is 0.245 e. The van der Waals surface area contributed by atoms with Crippen molar-refractivity contribution in [3.8, 4) is 22.8 Å². The number of hydrogen-bond donors (Lipinski definition) is 1. The Labute approximate surface area is 174 Å². The highest BCUT2D eigenvalue weighted by atomic mass is 16.5. The van der Waals surface area contributed by atoms with E-state index in [9.17, 15) is 0 Å². The zero-order chi connectivity index (χ0) is 20.7. The van der Waals surface area contributed by atoms with E-state index in [0.717, 1.165) is 47.1 Å². The maximum absolute atomic E-state index is 5.61. The smallest absolute Gasteiger partial charge is 0.245 e. The van der Waals surface area contributed by atoms with Gasteiger partial charge in [0.15, 0.2) is 0 Å². The van der Waals surface area contributed by atoms with E-state index >= 15 is 0 Å². The van der Waals surface area contributed by atoms with Gasteiger partial charge in [0.1, 0.15) is 11.5 Å². The molecule has 0 amide bonds. The summed E-state index contributed by atoms with van der Waals surface area (Å²) in [4.78, 5) is 6.77. The van der Waals surface area contributed by atoms with Crippen LogP contribution in [0.4, 0.5) is 11.6 Å². The van der Waals surface area contributed by atoms with Gasteiger partial charge in [-0.15, -0.1) is 5.10 Å². The zero-order valence-electron chi connectivity index (χ0n) is 17.2. The Hall–Kier alpha value is -3.58. The molecule has 0 saturated carbocycles. The molecule has 5 rings (SSSR count). The van der Waals surface area contributed by atoms with E-state index in [4.69, 9.17) is 14.6 Å². The molecule has 0 bridgehead atoms. The third kappa shape index (κ3) is 3.13. The Bertz CT molecular complexity index is 1230. The Balaban J connectivity index is 1.55. The molecule has 2 aromatic carbocycles. The normalized spacial score (nSPS) is 13.4. The van der Waals surface area contributed by atoms with Gasteiger partial charge in [-0.3, -0.25) is 4.90 Å². The summed E-state index contributed by atoms with van der Waals surface area (Å²) in [7, 11) is 5.47. The van der Waals surface area contributed by atoms with Crippen LogP contribution in [0, 0.1) is 0 Å². The summed E-state index contributed by atoms with van der Waals surface area (Å²) >= 11 is 0. The van der Waals surface area contributed by atoms with E-state index in [1.165, 1.54) is 11.1 Å². The quantitative estimate of drug-likeness (QED) is 0.543. The van der Waals surface area contributed by atoms with Gasteiger partial charge in [-0.25, -0.2) is 9.50 Å². The van der Waals surface area contributed by atoms with Crippen LogP contribution in [0.3, 0.4) is 0 Å². The molecule has 4 aromatic rings. The minimum atomic E-state index is 0.499. The molecule has 1 aliphatic rings. The summed E-state index contributed by atoms with van der Waals surface area (Å²) in [5.41, 5.74) is 6.26. The lowest BCUT2D eigenvalue weighted by molar-refractivity contribution is 0.353. The second kappa shape index (κ2) is 7.35. The third-order valence-electron chi connectivity index (χ3n) is 5.43. The van der Waals surface area contributed by atoms with Gasteiger partial charge in [-0.1, -0.05) is 12.1 Å². The number of benzene rings is 2. The van der Waals surface area contributed by atoms with Crippen molar-refractivity contribution in [1.29, 1.82) is 0 Å². The van der Waals surface area contributed by atoms with Crippen LogP contribution < -0.4 is 14.8 Å². The summed E-state index contributed by atoms with van der Waals surface area (Å²) < 4.78 is 13.0. The first kappa shape index (κ1) is 18.4. The van der Waals surface area contributed by atoms with Crippen LogP contribution in [0.1, 0.15) is 11.1 Å². The average molecular weight is 401 g/mol. The molecular weight excluding hydrogens is 378 g/mol. The molecule has 1 N–H and O–H groups in total. The highest BCUT2D eigenvalue weighted by Gasteiger charge is 2.19. The number of para-hydroxylation sites is 1.